The van der Waals surface area contributed by atoms with Crippen LogP contribution >= 0.6 is 11.6 Å². The highest BCUT2D eigenvalue weighted by Crippen LogP contribution is 2.20. The number of para-hydroxylation sites is 1. The number of amides is 2. The largest absolute Gasteiger partial charge is 0.322 e. The molecule has 1 unspecified atom stereocenters. The van der Waals surface area contributed by atoms with Gasteiger partial charge in [-0.25, -0.2) is 0 Å². The smallest absolute Gasteiger partial charge is 0.279 e. The Morgan fingerprint density at radius 1 is 0.960 bits per heavy atom. The average Bonchev–Trinajstić information content (AvgIpc) is 2.52. The van der Waals surface area contributed by atoms with Crippen LogP contribution in [0, 0.1) is 13.8 Å². The molecule has 0 aromatic heterocycles. The standard InChI is InChI=1S/C19H22ClN3O2/c1-13-8-9-16(14(2)10-13)21-18(24)11-23(3)12-19(25)22-17-7-5-4-6-15(17)20/h4-10H,11-12H2,1-3H3,(H,21,24)(H,22,25)/p+1. The lowest BCUT2D eigenvalue weighted by molar-refractivity contribution is -0.862. The molecule has 5 nitrogen and oxygen atoms in total. The van der Waals surface area contributed by atoms with Crippen LogP contribution in [0.3, 0.4) is 0 Å². The zero-order valence-corrected chi connectivity index (χ0v) is 15.4. The maximum atomic E-state index is 12.2. The van der Waals surface area contributed by atoms with Crippen LogP contribution in [0.4, 0.5) is 11.4 Å². The molecule has 0 aliphatic carbocycles. The summed E-state index contributed by atoms with van der Waals surface area (Å²) in [5.74, 6) is -0.320. The molecule has 25 heavy (non-hydrogen) atoms. The van der Waals surface area contributed by atoms with E-state index in [2.05, 4.69) is 10.6 Å². The number of aryl methyl sites for hydroxylation is 2. The van der Waals surface area contributed by atoms with Crippen molar-refractivity contribution in [2.75, 3.05) is 30.8 Å². The maximum absolute atomic E-state index is 12.2. The predicted octanol–water partition coefficient (Wildman–Crippen LogP) is 2.05. The molecule has 0 fully saturated rings. The molecular formula is C19H23ClN3O2+. The Kier molecular flexibility index (Phi) is 6.56. The van der Waals surface area contributed by atoms with Crippen molar-refractivity contribution in [3.8, 4) is 0 Å². The van der Waals surface area contributed by atoms with E-state index in [9.17, 15) is 9.59 Å². The predicted molar refractivity (Wildman–Crippen MR) is 101 cm³/mol. The second-order valence-corrected chi connectivity index (χ2v) is 6.61. The van der Waals surface area contributed by atoms with Gasteiger partial charge in [-0.3, -0.25) is 9.59 Å². The van der Waals surface area contributed by atoms with Gasteiger partial charge in [-0.2, -0.15) is 0 Å². The van der Waals surface area contributed by atoms with Crippen molar-refractivity contribution in [2.45, 2.75) is 13.8 Å². The third-order valence-electron chi connectivity index (χ3n) is 3.73. The molecule has 2 aromatic rings. The quantitative estimate of drug-likeness (QED) is 0.738. The second kappa shape index (κ2) is 8.65. The highest BCUT2D eigenvalue weighted by molar-refractivity contribution is 6.33. The van der Waals surface area contributed by atoms with Crippen LogP contribution in [0.2, 0.25) is 5.02 Å². The Morgan fingerprint density at radius 3 is 2.16 bits per heavy atom. The number of anilines is 2. The number of rotatable bonds is 6. The lowest BCUT2D eigenvalue weighted by atomic mass is 10.1. The fraction of sp³-hybridized carbons (Fsp3) is 0.263. The summed E-state index contributed by atoms with van der Waals surface area (Å²) in [7, 11) is 1.80. The van der Waals surface area contributed by atoms with E-state index < -0.39 is 0 Å². The molecule has 0 radical (unpaired) electrons. The molecule has 2 rings (SSSR count). The van der Waals surface area contributed by atoms with E-state index in [4.69, 9.17) is 11.6 Å². The fourth-order valence-electron chi connectivity index (χ4n) is 2.52. The molecule has 0 saturated carbocycles. The van der Waals surface area contributed by atoms with Gasteiger partial charge in [0.2, 0.25) is 0 Å². The van der Waals surface area contributed by atoms with E-state index in [1.165, 1.54) is 0 Å². The van der Waals surface area contributed by atoms with Gasteiger partial charge in [0.25, 0.3) is 11.8 Å². The Hall–Kier alpha value is -2.37. The summed E-state index contributed by atoms with van der Waals surface area (Å²) in [5, 5.41) is 6.13. The summed E-state index contributed by atoms with van der Waals surface area (Å²) >= 11 is 6.02. The van der Waals surface area contributed by atoms with Crippen LogP contribution < -0.4 is 15.5 Å². The minimum absolute atomic E-state index is 0.130. The average molecular weight is 361 g/mol. The Bertz CT molecular complexity index is 777. The number of benzene rings is 2. The van der Waals surface area contributed by atoms with Crippen LogP contribution in [0.15, 0.2) is 42.5 Å². The van der Waals surface area contributed by atoms with Crippen molar-refractivity contribution in [1.82, 2.24) is 0 Å². The molecule has 2 aromatic carbocycles. The number of hydrogen-bond donors (Lipinski definition) is 3. The van der Waals surface area contributed by atoms with Crippen LogP contribution in [0.25, 0.3) is 0 Å². The molecule has 6 heteroatoms. The zero-order valence-electron chi connectivity index (χ0n) is 14.7. The van der Waals surface area contributed by atoms with Crippen LogP contribution in [-0.4, -0.2) is 32.0 Å². The molecule has 2 amide bonds. The highest BCUT2D eigenvalue weighted by atomic mass is 35.5. The van der Waals surface area contributed by atoms with Crippen molar-refractivity contribution in [2.24, 2.45) is 0 Å². The molecule has 0 aliphatic heterocycles. The van der Waals surface area contributed by atoms with Gasteiger partial charge >= 0.3 is 0 Å². The van der Waals surface area contributed by atoms with Crippen LogP contribution in [-0.2, 0) is 9.59 Å². The second-order valence-electron chi connectivity index (χ2n) is 6.21. The van der Waals surface area contributed by atoms with E-state index in [0.29, 0.717) is 10.7 Å². The van der Waals surface area contributed by atoms with Gasteiger partial charge in [0, 0.05) is 5.69 Å². The van der Waals surface area contributed by atoms with Crippen molar-refractivity contribution in [3.05, 3.63) is 58.6 Å². The molecule has 0 aliphatic rings. The molecule has 0 heterocycles. The first-order valence-corrected chi connectivity index (χ1v) is 8.45. The van der Waals surface area contributed by atoms with Crippen molar-refractivity contribution >= 4 is 34.8 Å². The molecular weight excluding hydrogens is 338 g/mol. The van der Waals surface area contributed by atoms with Gasteiger partial charge in [0.15, 0.2) is 13.1 Å². The molecule has 132 valence electrons. The third kappa shape index (κ3) is 5.89. The van der Waals surface area contributed by atoms with Gasteiger partial charge in [-0.05, 0) is 37.6 Å². The number of hydrogen-bond acceptors (Lipinski definition) is 2. The number of nitrogens with one attached hydrogen (secondary N) is 3. The monoisotopic (exact) mass is 360 g/mol. The highest BCUT2D eigenvalue weighted by Gasteiger charge is 2.15. The molecule has 1 atom stereocenters. The lowest BCUT2D eigenvalue weighted by Crippen LogP contribution is -3.11. The first-order valence-electron chi connectivity index (χ1n) is 8.08. The first kappa shape index (κ1) is 19.0. The minimum atomic E-state index is -0.190. The van der Waals surface area contributed by atoms with Gasteiger partial charge in [0.05, 0.1) is 17.8 Å². The lowest BCUT2D eigenvalue weighted by Gasteiger charge is -2.15. The van der Waals surface area contributed by atoms with Crippen LogP contribution in [0.5, 0.6) is 0 Å². The van der Waals surface area contributed by atoms with Gasteiger partial charge < -0.3 is 15.5 Å². The fourth-order valence-corrected chi connectivity index (χ4v) is 2.70. The first-order chi connectivity index (χ1) is 11.8. The molecule has 3 N–H and O–H groups in total. The van der Waals surface area contributed by atoms with Crippen molar-refractivity contribution in [3.63, 3.8) is 0 Å². The zero-order chi connectivity index (χ0) is 18.4. The van der Waals surface area contributed by atoms with E-state index in [1.807, 2.05) is 32.0 Å². The Balaban J connectivity index is 1.84. The topological polar surface area (TPSA) is 62.6 Å². The number of likely N-dealkylation sites (N-methyl/N-ethyl adjacent to an activating group) is 1. The number of halogens is 1. The Labute approximate surface area is 153 Å². The molecule has 0 bridgehead atoms. The molecule has 0 saturated heterocycles. The van der Waals surface area contributed by atoms with Crippen LogP contribution in [0.1, 0.15) is 11.1 Å². The van der Waals surface area contributed by atoms with E-state index in [-0.39, 0.29) is 24.9 Å². The van der Waals surface area contributed by atoms with E-state index in [0.717, 1.165) is 21.7 Å². The van der Waals surface area contributed by atoms with Gasteiger partial charge in [-0.1, -0.05) is 41.4 Å². The van der Waals surface area contributed by atoms with Gasteiger partial charge in [-0.15, -0.1) is 0 Å². The summed E-state index contributed by atoms with van der Waals surface area (Å²) in [4.78, 5) is 25.0. The summed E-state index contributed by atoms with van der Waals surface area (Å²) in [5.41, 5.74) is 3.53. The SMILES string of the molecule is Cc1ccc(NC(=O)C[NH+](C)CC(=O)Nc2ccccc2Cl)c(C)c1. The van der Waals surface area contributed by atoms with Gasteiger partial charge in [0.1, 0.15) is 0 Å². The normalized spacial score (nSPS) is 11.7. The number of carbonyl (C=O) groups is 2. The minimum Gasteiger partial charge on any atom is -0.322 e. The molecule has 0 spiro atoms. The van der Waals surface area contributed by atoms with Crippen molar-refractivity contribution < 1.29 is 14.5 Å². The van der Waals surface area contributed by atoms with E-state index in [1.54, 1.807) is 31.3 Å². The van der Waals surface area contributed by atoms with E-state index >= 15 is 0 Å². The number of carbonyl (C=O) groups excluding carboxylic acids is 2. The summed E-state index contributed by atoms with van der Waals surface area (Å²) in [6, 6.07) is 12.9. The Morgan fingerprint density at radius 2 is 1.56 bits per heavy atom. The summed E-state index contributed by atoms with van der Waals surface area (Å²) in [6.07, 6.45) is 0. The third-order valence-corrected chi connectivity index (χ3v) is 4.06. The van der Waals surface area contributed by atoms with Crippen molar-refractivity contribution in [1.29, 1.82) is 0 Å². The summed E-state index contributed by atoms with van der Waals surface area (Å²) in [6.45, 7) is 4.33. The number of quaternary nitrogens is 1. The summed E-state index contributed by atoms with van der Waals surface area (Å²) < 4.78 is 0. The maximum Gasteiger partial charge on any atom is 0.279 e.